The molecule has 1 aromatic heterocycles. The number of methoxy groups -OCH3 is 1. The summed E-state index contributed by atoms with van der Waals surface area (Å²) in [6, 6.07) is 1.97. The van der Waals surface area contributed by atoms with Crippen molar-refractivity contribution in [2.75, 3.05) is 25.6 Å². The second-order valence-electron chi connectivity index (χ2n) is 4.90. The number of ether oxygens (including phenoxy) is 2. The molecule has 102 valence electrons. The molecule has 1 N–H and O–H groups in total. The molecule has 1 heterocycles. The first-order valence-electron chi connectivity index (χ1n) is 6.44. The lowest BCUT2D eigenvalue weighted by molar-refractivity contribution is 0.00543. The molecule has 0 radical (unpaired) electrons. The molecule has 0 fully saturated rings. The van der Waals surface area contributed by atoms with Crippen LogP contribution in [0.25, 0.3) is 0 Å². The molecule has 0 bridgehead atoms. The van der Waals surface area contributed by atoms with Crippen LogP contribution in [0.4, 0.5) is 5.69 Å². The summed E-state index contributed by atoms with van der Waals surface area (Å²) in [4.78, 5) is 4.15. The SMILES string of the molecule is CCCNc1cncc(OCCC(C)(C)OC)c1. The third-order valence-electron chi connectivity index (χ3n) is 2.82. The van der Waals surface area contributed by atoms with Gasteiger partial charge in [-0.1, -0.05) is 6.92 Å². The molecular weight excluding hydrogens is 228 g/mol. The first-order chi connectivity index (χ1) is 8.57. The highest BCUT2D eigenvalue weighted by Gasteiger charge is 2.15. The summed E-state index contributed by atoms with van der Waals surface area (Å²) >= 11 is 0. The van der Waals surface area contributed by atoms with Crippen molar-refractivity contribution in [1.29, 1.82) is 0 Å². The average Bonchev–Trinajstić information content (AvgIpc) is 2.37. The molecule has 0 atom stereocenters. The van der Waals surface area contributed by atoms with Crippen molar-refractivity contribution in [1.82, 2.24) is 4.98 Å². The van der Waals surface area contributed by atoms with Gasteiger partial charge in [0.1, 0.15) is 5.75 Å². The van der Waals surface area contributed by atoms with Gasteiger partial charge in [0.05, 0.1) is 30.3 Å². The van der Waals surface area contributed by atoms with Crippen LogP contribution in [-0.4, -0.2) is 30.8 Å². The highest BCUT2D eigenvalue weighted by atomic mass is 16.5. The molecule has 18 heavy (non-hydrogen) atoms. The lowest BCUT2D eigenvalue weighted by Crippen LogP contribution is -2.25. The topological polar surface area (TPSA) is 43.4 Å². The molecule has 0 aliphatic heterocycles. The Morgan fingerprint density at radius 1 is 1.33 bits per heavy atom. The number of aromatic nitrogens is 1. The molecule has 0 aliphatic carbocycles. The minimum atomic E-state index is -0.147. The molecule has 0 spiro atoms. The van der Waals surface area contributed by atoms with E-state index in [-0.39, 0.29) is 5.60 Å². The van der Waals surface area contributed by atoms with Crippen LogP contribution in [0.3, 0.4) is 0 Å². The first-order valence-corrected chi connectivity index (χ1v) is 6.44. The second kappa shape index (κ2) is 7.21. The summed E-state index contributed by atoms with van der Waals surface area (Å²) in [5.41, 5.74) is 0.853. The predicted octanol–water partition coefficient (Wildman–Crippen LogP) is 3.10. The highest BCUT2D eigenvalue weighted by Crippen LogP contribution is 2.18. The zero-order valence-corrected chi connectivity index (χ0v) is 11.8. The third kappa shape index (κ3) is 5.36. The number of nitrogens with zero attached hydrogens (tertiary/aromatic N) is 1. The number of rotatable bonds is 8. The third-order valence-corrected chi connectivity index (χ3v) is 2.82. The fourth-order valence-electron chi connectivity index (χ4n) is 1.38. The maximum Gasteiger partial charge on any atom is 0.139 e. The van der Waals surface area contributed by atoms with Crippen LogP contribution in [-0.2, 0) is 4.74 Å². The maximum atomic E-state index is 5.68. The maximum absolute atomic E-state index is 5.68. The quantitative estimate of drug-likeness (QED) is 0.772. The summed E-state index contributed by atoms with van der Waals surface area (Å²) in [5, 5.41) is 3.29. The van der Waals surface area contributed by atoms with Crippen LogP contribution in [0.5, 0.6) is 5.75 Å². The molecular formula is C14H24N2O2. The van der Waals surface area contributed by atoms with Gasteiger partial charge >= 0.3 is 0 Å². The zero-order chi connectivity index (χ0) is 13.4. The second-order valence-corrected chi connectivity index (χ2v) is 4.90. The van der Waals surface area contributed by atoms with E-state index in [4.69, 9.17) is 9.47 Å². The van der Waals surface area contributed by atoms with Gasteiger partial charge in [0.2, 0.25) is 0 Å². The van der Waals surface area contributed by atoms with Gasteiger partial charge in [0.15, 0.2) is 0 Å². The average molecular weight is 252 g/mol. The molecule has 0 unspecified atom stereocenters. The van der Waals surface area contributed by atoms with Crippen LogP contribution in [0.2, 0.25) is 0 Å². The van der Waals surface area contributed by atoms with E-state index in [1.54, 1.807) is 13.3 Å². The Morgan fingerprint density at radius 2 is 2.11 bits per heavy atom. The smallest absolute Gasteiger partial charge is 0.139 e. The van der Waals surface area contributed by atoms with E-state index in [9.17, 15) is 0 Å². The van der Waals surface area contributed by atoms with Crippen LogP contribution in [0.15, 0.2) is 18.5 Å². The van der Waals surface area contributed by atoms with Crippen LogP contribution < -0.4 is 10.1 Å². The number of pyridine rings is 1. The summed E-state index contributed by atoms with van der Waals surface area (Å²) in [5.74, 6) is 0.794. The Morgan fingerprint density at radius 3 is 2.78 bits per heavy atom. The van der Waals surface area contributed by atoms with E-state index in [0.717, 1.165) is 30.8 Å². The van der Waals surface area contributed by atoms with Gasteiger partial charge in [-0.3, -0.25) is 4.98 Å². The summed E-state index contributed by atoms with van der Waals surface area (Å²) in [6.07, 6.45) is 5.47. The van der Waals surface area contributed by atoms with Crippen molar-refractivity contribution in [3.63, 3.8) is 0 Å². The van der Waals surface area contributed by atoms with Crippen molar-refractivity contribution in [3.8, 4) is 5.75 Å². The number of anilines is 1. The molecule has 0 aliphatic rings. The lowest BCUT2D eigenvalue weighted by Gasteiger charge is -2.22. The van der Waals surface area contributed by atoms with Crippen molar-refractivity contribution < 1.29 is 9.47 Å². The highest BCUT2D eigenvalue weighted by molar-refractivity contribution is 5.44. The van der Waals surface area contributed by atoms with E-state index in [1.165, 1.54) is 0 Å². The van der Waals surface area contributed by atoms with Gasteiger partial charge in [0, 0.05) is 26.1 Å². The first kappa shape index (κ1) is 14.8. The molecule has 1 aromatic rings. The minimum Gasteiger partial charge on any atom is -0.492 e. The van der Waals surface area contributed by atoms with E-state index in [0.29, 0.717) is 6.61 Å². The van der Waals surface area contributed by atoms with E-state index >= 15 is 0 Å². The standard InChI is InChI=1S/C14H24N2O2/c1-5-7-16-12-9-13(11-15-10-12)18-8-6-14(2,3)17-4/h9-11,16H,5-8H2,1-4H3. The largest absolute Gasteiger partial charge is 0.492 e. The van der Waals surface area contributed by atoms with Crippen molar-refractivity contribution in [2.45, 2.75) is 39.2 Å². The Hall–Kier alpha value is -1.29. The molecule has 1 rings (SSSR count). The van der Waals surface area contributed by atoms with Crippen LogP contribution in [0, 0.1) is 0 Å². The number of hydrogen-bond acceptors (Lipinski definition) is 4. The van der Waals surface area contributed by atoms with Crippen LogP contribution in [0.1, 0.15) is 33.6 Å². The van der Waals surface area contributed by atoms with E-state index in [1.807, 2.05) is 26.1 Å². The lowest BCUT2D eigenvalue weighted by atomic mass is 10.1. The summed E-state index contributed by atoms with van der Waals surface area (Å²) in [6.45, 7) is 7.80. The van der Waals surface area contributed by atoms with Gasteiger partial charge in [-0.25, -0.2) is 0 Å². The van der Waals surface area contributed by atoms with Gasteiger partial charge in [0.25, 0.3) is 0 Å². The van der Waals surface area contributed by atoms with E-state index in [2.05, 4.69) is 17.2 Å². The zero-order valence-electron chi connectivity index (χ0n) is 11.8. The monoisotopic (exact) mass is 252 g/mol. The Kier molecular flexibility index (Phi) is 5.92. The van der Waals surface area contributed by atoms with Crippen molar-refractivity contribution in [2.24, 2.45) is 0 Å². The van der Waals surface area contributed by atoms with Crippen molar-refractivity contribution >= 4 is 5.69 Å². The Bertz CT molecular complexity index is 353. The molecule has 0 saturated carbocycles. The normalized spacial score (nSPS) is 11.3. The molecule has 0 aromatic carbocycles. The molecule has 4 nitrogen and oxygen atoms in total. The van der Waals surface area contributed by atoms with Gasteiger partial charge in [-0.15, -0.1) is 0 Å². The minimum absolute atomic E-state index is 0.147. The fraction of sp³-hybridized carbons (Fsp3) is 0.643. The molecule has 4 heteroatoms. The molecule has 0 saturated heterocycles. The van der Waals surface area contributed by atoms with Gasteiger partial charge < -0.3 is 14.8 Å². The summed E-state index contributed by atoms with van der Waals surface area (Å²) < 4.78 is 11.0. The van der Waals surface area contributed by atoms with Gasteiger partial charge in [-0.05, 0) is 20.3 Å². The van der Waals surface area contributed by atoms with Crippen LogP contribution >= 0.6 is 0 Å². The van der Waals surface area contributed by atoms with Crippen molar-refractivity contribution in [3.05, 3.63) is 18.5 Å². The predicted molar refractivity (Wildman–Crippen MR) is 74.2 cm³/mol. The number of hydrogen-bond donors (Lipinski definition) is 1. The number of nitrogens with one attached hydrogen (secondary N) is 1. The Balaban J connectivity index is 2.42. The molecule has 0 amide bonds. The Labute approximate surface area is 110 Å². The fourth-order valence-corrected chi connectivity index (χ4v) is 1.38. The van der Waals surface area contributed by atoms with Gasteiger partial charge in [-0.2, -0.15) is 0 Å². The van der Waals surface area contributed by atoms with E-state index < -0.39 is 0 Å². The summed E-state index contributed by atoms with van der Waals surface area (Å²) in [7, 11) is 1.72.